The van der Waals surface area contributed by atoms with E-state index in [0.29, 0.717) is 11.3 Å². The molecule has 2 heterocycles. The zero-order chi connectivity index (χ0) is 31.0. The summed E-state index contributed by atoms with van der Waals surface area (Å²) in [5.74, 6) is -7.24. The average molecular weight is 690 g/mol. The number of ether oxygens (including phenoxy) is 2. The number of sulfone groups is 2. The van der Waals surface area contributed by atoms with E-state index in [1.807, 2.05) is 0 Å². The minimum atomic E-state index is -3.85. The number of aromatic nitrogens is 2. The van der Waals surface area contributed by atoms with Gasteiger partial charge in [0, 0.05) is 27.1 Å². The highest BCUT2D eigenvalue weighted by Crippen LogP contribution is 2.27. The molecule has 0 amide bonds. The van der Waals surface area contributed by atoms with E-state index in [-0.39, 0.29) is 17.4 Å². The largest absolute Gasteiger partial charge is 0.465 e. The summed E-state index contributed by atoms with van der Waals surface area (Å²) >= 11 is 12.5. The van der Waals surface area contributed by atoms with Crippen LogP contribution in [0.1, 0.15) is 12.8 Å². The molecule has 0 saturated heterocycles. The SMILES string of the molecule is CO.COC(=O)C(F)(CCS(=O)(=O)c1ncc(Cl)s1)OC.O=S(=O)(CCC(F)=C(F)F)c1ncc(Cl)s1.OO. The van der Waals surface area contributed by atoms with Crippen molar-refractivity contribution in [3.63, 3.8) is 0 Å². The van der Waals surface area contributed by atoms with Crippen LogP contribution in [0.4, 0.5) is 17.6 Å². The van der Waals surface area contributed by atoms with E-state index >= 15 is 0 Å². The quantitative estimate of drug-likeness (QED) is 0.140. The molecular formula is C17H22Cl2F4N2O10S4. The van der Waals surface area contributed by atoms with Gasteiger partial charge in [0.1, 0.15) is 8.67 Å². The number of hydrogen-bond donors (Lipinski definition) is 3. The molecule has 22 heteroatoms. The standard InChI is InChI=1S/C9H11ClFNO5S2.C7H5ClF3NO2S2.CH4O.H2O2/c1-16-7(13)9(11,17-2)3-4-19(14,15)8-12-5-6(10)18-8;8-5-3-12-7(15-5)16(13,14)2-1-4(9)6(10)11;2*1-2/h5H,3-4H2,1-2H3;3H,1-2H2;2H,1H3;1-2H. The van der Waals surface area contributed by atoms with E-state index in [1.54, 1.807) is 0 Å². The molecule has 0 aliphatic rings. The van der Waals surface area contributed by atoms with Crippen LogP contribution in [0.25, 0.3) is 0 Å². The molecule has 0 fully saturated rings. The van der Waals surface area contributed by atoms with E-state index in [2.05, 4.69) is 19.4 Å². The first-order chi connectivity index (χ1) is 18.1. The predicted octanol–water partition coefficient (Wildman–Crippen LogP) is 4.11. The summed E-state index contributed by atoms with van der Waals surface area (Å²) in [6.07, 6.45) is -1.77. The number of alkyl halides is 1. The minimum Gasteiger partial charge on any atom is -0.465 e. The average Bonchev–Trinajstić information content (AvgIpc) is 3.57. The minimum absolute atomic E-state index is 0.159. The molecular weight excluding hydrogens is 667 g/mol. The van der Waals surface area contributed by atoms with E-state index in [4.69, 9.17) is 38.8 Å². The van der Waals surface area contributed by atoms with E-state index < -0.39 is 67.8 Å². The Hall–Kier alpha value is -1.49. The number of halogens is 6. The summed E-state index contributed by atoms with van der Waals surface area (Å²) < 4.78 is 105. The van der Waals surface area contributed by atoms with Crippen LogP contribution in [0.2, 0.25) is 8.67 Å². The predicted molar refractivity (Wildman–Crippen MR) is 134 cm³/mol. The lowest BCUT2D eigenvalue weighted by Crippen LogP contribution is -2.38. The van der Waals surface area contributed by atoms with Crippen LogP contribution in [0, 0.1) is 0 Å². The number of rotatable bonds is 10. The number of carbonyl (C=O) groups excluding carboxylic acids is 1. The molecule has 1 atom stereocenters. The lowest BCUT2D eigenvalue weighted by molar-refractivity contribution is -0.191. The topological polar surface area (TPSA) is 190 Å². The maximum absolute atomic E-state index is 14.0. The van der Waals surface area contributed by atoms with Gasteiger partial charge >= 0.3 is 17.9 Å². The van der Waals surface area contributed by atoms with Crippen molar-refractivity contribution in [3.8, 4) is 0 Å². The molecule has 0 bridgehead atoms. The maximum atomic E-state index is 14.0. The molecule has 2 aromatic heterocycles. The fourth-order valence-corrected chi connectivity index (χ4v) is 7.34. The van der Waals surface area contributed by atoms with Crippen molar-refractivity contribution < 1.29 is 64.3 Å². The highest BCUT2D eigenvalue weighted by atomic mass is 35.5. The Morgan fingerprint density at radius 3 is 1.67 bits per heavy atom. The van der Waals surface area contributed by atoms with Gasteiger partial charge in [0.25, 0.3) is 0 Å². The number of aliphatic hydroxyl groups excluding tert-OH is 1. The fraction of sp³-hybridized carbons (Fsp3) is 0.471. The second-order valence-corrected chi connectivity index (χ2v) is 14.0. The smallest absolute Gasteiger partial charge is 0.371 e. The van der Waals surface area contributed by atoms with Gasteiger partial charge in [-0.3, -0.25) is 10.5 Å². The van der Waals surface area contributed by atoms with Crippen molar-refractivity contribution in [3.05, 3.63) is 33.0 Å². The Kier molecular flexibility index (Phi) is 19.1. The number of allylic oxidation sites excluding steroid dienone is 1. The van der Waals surface area contributed by atoms with Crippen molar-refractivity contribution in [2.24, 2.45) is 0 Å². The summed E-state index contributed by atoms with van der Waals surface area (Å²) in [7, 11) is -4.76. The number of esters is 1. The molecule has 226 valence electrons. The van der Waals surface area contributed by atoms with Crippen LogP contribution >= 0.6 is 45.9 Å². The first kappa shape index (κ1) is 39.7. The highest BCUT2D eigenvalue weighted by molar-refractivity contribution is 7.93. The lowest BCUT2D eigenvalue weighted by atomic mass is 10.2. The third kappa shape index (κ3) is 13.6. The van der Waals surface area contributed by atoms with E-state index in [9.17, 15) is 39.2 Å². The summed E-state index contributed by atoms with van der Waals surface area (Å²) in [5, 5.41) is 19.0. The number of carbonyl (C=O) groups is 1. The molecule has 2 aromatic rings. The second-order valence-electron chi connectivity index (χ2n) is 6.09. The van der Waals surface area contributed by atoms with Crippen LogP contribution < -0.4 is 0 Å². The Morgan fingerprint density at radius 2 is 1.36 bits per heavy atom. The van der Waals surface area contributed by atoms with Crippen LogP contribution in [-0.4, -0.2) is 87.1 Å². The fourth-order valence-electron chi connectivity index (χ4n) is 1.97. The summed E-state index contributed by atoms with van der Waals surface area (Å²) in [4.78, 5) is 18.3. The van der Waals surface area contributed by atoms with Gasteiger partial charge < -0.3 is 14.6 Å². The first-order valence-electron chi connectivity index (χ1n) is 9.43. The summed E-state index contributed by atoms with van der Waals surface area (Å²) in [6, 6.07) is 0. The molecule has 0 aromatic carbocycles. The monoisotopic (exact) mass is 688 g/mol. The van der Waals surface area contributed by atoms with Crippen LogP contribution in [0.15, 0.2) is 33.0 Å². The first-order valence-corrected chi connectivity index (χ1v) is 15.1. The molecule has 39 heavy (non-hydrogen) atoms. The van der Waals surface area contributed by atoms with Gasteiger partial charge in [0.15, 0.2) is 5.83 Å². The van der Waals surface area contributed by atoms with Crippen molar-refractivity contribution in [2.45, 2.75) is 27.4 Å². The zero-order valence-corrected chi connectivity index (χ0v) is 24.8. The number of thiazole rings is 2. The number of hydrogen-bond acceptors (Lipinski definition) is 14. The van der Waals surface area contributed by atoms with Gasteiger partial charge in [-0.2, -0.15) is 13.2 Å². The van der Waals surface area contributed by atoms with Gasteiger partial charge in [-0.05, 0) is 0 Å². The van der Waals surface area contributed by atoms with Gasteiger partial charge in [-0.25, -0.2) is 36.0 Å². The van der Waals surface area contributed by atoms with Gasteiger partial charge in [0.2, 0.25) is 28.4 Å². The van der Waals surface area contributed by atoms with Crippen LogP contribution in [0.5, 0.6) is 0 Å². The maximum Gasteiger partial charge on any atom is 0.371 e. The molecule has 0 spiro atoms. The van der Waals surface area contributed by atoms with Crippen LogP contribution in [-0.2, 0) is 33.9 Å². The zero-order valence-electron chi connectivity index (χ0n) is 20.0. The molecule has 2 rings (SSSR count). The molecule has 0 aliphatic carbocycles. The van der Waals surface area contributed by atoms with Gasteiger partial charge in [0.05, 0.1) is 31.0 Å². The molecule has 0 aliphatic heterocycles. The Labute approximate surface area is 238 Å². The van der Waals surface area contributed by atoms with E-state index in [1.165, 1.54) is 6.20 Å². The summed E-state index contributed by atoms with van der Waals surface area (Å²) in [6.45, 7) is 0. The highest BCUT2D eigenvalue weighted by Gasteiger charge is 2.41. The Bertz CT molecular complexity index is 1270. The van der Waals surface area contributed by atoms with Crippen molar-refractivity contribution in [2.75, 3.05) is 32.8 Å². The molecule has 0 saturated carbocycles. The van der Waals surface area contributed by atoms with Crippen LogP contribution in [0.3, 0.4) is 0 Å². The summed E-state index contributed by atoms with van der Waals surface area (Å²) in [5.41, 5.74) is 0. The normalized spacial score (nSPS) is 12.3. The molecule has 0 radical (unpaired) electrons. The van der Waals surface area contributed by atoms with Gasteiger partial charge in [-0.1, -0.05) is 45.9 Å². The third-order valence-corrected chi connectivity index (χ3v) is 10.3. The number of nitrogens with zero attached hydrogens (tertiary/aromatic N) is 2. The number of aliphatic hydroxyl groups is 1. The second kappa shape index (κ2) is 18.8. The third-order valence-electron chi connectivity index (χ3n) is 3.75. The molecule has 1 unspecified atom stereocenters. The van der Waals surface area contributed by atoms with Crippen molar-refractivity contribution >= 4 is 71.5 Å². The van der Waals surface area contributed by atoms with Crippen molar-refractivity contribution in [1.82, 2.24) is 9.97 Å². The van der Waals surface area contributed by atoms with E-state index in [0.717, 1.165) is 38.9 Å². The molecule has 3 N–H and O–H groups in total. The van der Waals surface area contributed by atoms with Gasteiger partial charge in [-0.15, -0.1) is 0 Å². The lowest BCUT2D eigenvalue weighted by Gasteiger charge is -2.19. The Morgan fingerprint density at radius 1 is 0.949 bits per heavy atom. The molecule has 12 nitrogen and oxygen atoms in total. The Balaban J connectivity index is 0. The number of methoxy groups -OCH3 is 2. The van der Waals surface area contributed by atoms with Crippen molar-refractivity contribution in [1.29, 1.82) is 0 Å².